The topological polar surface area (TPSA) is 61.7 Å². The lowest BCUT2D eigenvalue weighted by molar-refractivity contribution is -0.132. The van der Waals surface area contributed by atoms with Gasteiger partial charge in [-0.2, -0.15) is 5.10 Å². The molecule has 5 rings (SSSR count). The molecule has 1 saturated heterocycles. The largest absolute Gasteiger partial charge is 0.366 e. The first-order valence-electron chi connectivity index (χ1n) is 11.0. The number of anilines is 2. The predicted octanol–water partition coefficient (Wildman–Crippen LogP) is 3.01. The number of nitrogens with zero attached hydrogens (tertiary/aromatic N) is 5. The van der Waals surface area contributed by atoms with Crippen molar-refractivity contribution in [2.24, 2.45) is 0 Å². The quantitative estimate of drug-likeness (QED) is 0.640. The minimum atomic E-state index is 0.0479. The molecule has 0 atom stereocenters. The molecule has 0 saturated carbocycles. The van der Waals surface area contributed by atoms with Crippen molar-refractivity contribution in [2.45, 2.75) is 26.9 Å². The molecule has 2 aliphatic rings. The minimum Gasteiger partial charge on any atom is -0.366 e. The number of rotatable bonds is 4. The van der Waals surface area contributed by atoms with Gasteiger partial charge in [0.05, 0.1) is 23.6 Å². The molecule has 1 aromatic heterocycles. The number of carbonyl (C=O) groups excluding carboxylic acids is 2. The Morgan fingerprint density at radius 3 is 2.31 bits per heavy atom. The Morgan fingerprint density at radius 2 is 1.62 bits per heavy atom. The number of hydrogen-bond acceptors (Lipinski definition) is 4. The number of aryl methyl sites for hydroxylation is 2. The van der Waals surface area contributed by atoms with Crippen LogP contribution in [0.1, 0.15) is 27.3 Å². The van der Waals surface area contributed by atoms with Crippen molar-refractivity contribution in [1.82, 2.24) is 14.7 Å². The van der Waals surface area contributed by atoms with Crippen molar-refractivity contribution < 1.29 is 9.59 Å². The summed E-state index contributed by atoms with van der Waals surface area (Å²) in [5.74, 6) is 0.140. The molecule has 2 aromatic carbocycles. The Balaban J connectivity index is 1.28. The van der Waals surface area contributed by atoms with Crippen LogP contribution in [0.25, 0.3) is 0 Å². The van der Waals surface area contributed by atoms with E-state index in [1.165, 1.54) is 0 Å². The van der Waals surface area contributed by atoms with Gasteiger partial charge in [-0.25, -0.2) is 0 Å². The molecule has 7 nitrogen and oxygen atoms in total. The van der Waals surface area contributed by atoms with Crippen molar-refractivity contribution in [3.8, 4) is 0 Å². The van der Waals surface area contributed by atoms with Gasteiger partial charge in [-0.05, 0) is 43.7 Å². The van der Waals surface area contributed by atoms with Gasteiger partial charge in [-0.15, -0.1) is 0 Å². The van der Waals surface area contributed by atoms with E-state index < -0.39 is 0 Å². The molecule has 2 aliphatic heterocycles. The van der Waals surface area contributed by atoms with Crippen LogP contribution in [0.15, 0.2) is 54.6 Å². The molecule has 164 valence electrons. The van der Waals surface area contributed by atoms with Gasteiger partial charge in [0.1, 0.15) is 6.54 Å². The molecule has 0 radical (unpaired) electrons. The van der Waals surface area contributed by atoms with Gasteiger partial charge in [0.2, 0.25) is 5.91 Å². The van der Waals surface area contributed by atoms with Crippen molar-refractivity contribution in [2.75, 3.05) is 36.0 Å². The summed E-state index contributed by atoms with van der Waals surface area (Å²) in [7, 11) is 0. The van der Waals surface area contributed by atoms with E-state index in [4.69, 9.17) is 0 Å². The molecule has 0 spiro atoms. The maximum absolute atomic E-state index is 13.0. The standard InChI is InChI=1S/C25H27N5O2/c1-18-15-19(2)30(26-18)17-24(31)28-13-11-27(12-14-28)22-9-5-6-10-23(22)29-16-20-7-3-4-8-21(20)25(29)32/h3-10,15H,11-14,16-17H2,1-2H3. The Hall–Kier alpha value is -3.61. The molecule has 7 heteroatoms. The Bertz CT molecular complexity index is 1180. The van der Waals surface area contributed by atoms with E-state index in [-0.39, 0.29) is 18.4 Å². The fourth-order valence-electron chi connectivity index (χ4n) is 4.67. The maximum Gasteiger partial charge on any atom is 0.258 e. The van der Waals surface area contributed by atoms with Gasteiger partial charge in [-0.1, -0.05) is 30.3 Å². The second-order valence-electron chi connectivity index (χ2n) is 8.49. The number of carbonyl (C=O) groups is 2. The van der Waals surface area contributed by atoms with E-state index in [9.17, 15) is 9.59 Å². The number of para-hydroxylation sites is 2. The third-order valence-corrected chi connectivity index (χ3v) is 6.36. The number of aromatic nitrogens is 2. The van der Waals surface area contributed by atoms with Crippen LogP contribution >= 0.6 is 0 Å². The summed E-state index contributed by atoms with van der Waals surface area (Å²) in [4.78, 5) is 31.9. The van der Waals surface area contributed by atoms with Gasteiger partial charge in [0, 0.05) is 37.4 Å². The average Bonchev–Trinajstić information content (AvgIpc) is 3.31. The number of amides is 2. The van der Waals surface area contributed by atoms with E-state index in [1.54, 1.807) is 4.68 Å². The monoisotopic (exact) mass is 429 g/mol. The number of hydrogen-bond donors (Lipinski definition) is 0. The highest BCUT2D eigenvalue weighted by atomic mass is 16.2. The molecule has 3 aromatic rings. The first-order valence-corrected chi connectivity index (χ1v) is 11.0. The lowest BCUT2D eigenvalue weighted by atomic mass is 10.1. The zero-order chi connectivity index (χ0) is 22.2. The highest BCUT2D eigenvalue weighted by Gasteiger charge is 2.31. The van der Waals surface area contributed by atoms with Crippen LogP contribution in [0.5, 0.6) is 0 Å². The van der Waals surface area contributed by atoms with Crippen LogP contribution in [-0.4, -0.2) is 52.7 Å². The average molecular weight is 430 g/mol. The first kappa shape index (κ1) is 20.3. The smallest absolute Gasteiger partial charge is 0.258 e. The van der Waals surface area contributed by atoms with E-state index in [0.717, 1.165) is 47.0 Å². The summed E-state index contributed by atoms with van der Waals surface area (Å²) < 4.78 is 1.77. The summed E-state index contributed by atoms with van der Waals surface area (Å²) in [6.07, 6.45) is 0. The predicted molar refractivity (Wildman–Crippen MR) is 124 cm³/mol. The number of piperazine rings is 1. The fourth-order valence-corrected chi connectivity index (χ4v) is 4.67. The Kier molecular flexibility index (Phi) is 5.17. The van der Waals surface area contributed by atoms with Crippen molar-refractivity contribution in [3.05, 3.63) is 77.1 Å². The molecule has 0 N–H and O–H groups in total. The molecular weight excluding hydrogens is 402 g/mol. The summed E-state index contributed by atoms with van der Waals surface area (Å²) >= 11 is 0. The van der Waals surface area contributed by atoms with Crippen molar-refractivity contribution in [3.63, 3.8) is 0 Å². The van der Waals surface area contributed by atoms with Crippen LogP contribution in [0.2, 0.25) is 0 Å². The highest BCUT2D eigenvalue weighted by Crippen LogP contribution is 2.35. The van der Waals surface area contributed by atoms with E-state index in [0.29, 0.717) is 19.6 Å². The Morgan fingerprint density at radius 1 is 0.938 bits per heavy atom. The van der Waals surface area contributed by atoms with E-state index in [2.05, 4.69) is 16.1 Å². The van der Waals surface area contributed by atoms with Gasteiger partial charge < -0.3 is 14.7 Å². The summed E-state index contributed by atoms with van der Waals surface area (Å²) in [5, 5.41) is 4.41. The lowest BCUT2D eigenvalue weighted by Gasteiger charge is -2.37. The van der Waals surface area contributed by atoms with Gasteiger partial charge in [0.15, 0.2) is 0 Å². The molecule has 3 heterocycles. The van der Waals surface area contributed by atoms with Gasteiger partial charge in [-0.3, -0.25) is 14.3 Å². The van der Waals surface area contributed by atoms with Crippen molar-refractivity contribution in [1.29, 1.82) is 0 Å². The van der Waals surface area contributed by atoms with Crippen LogP contribution < -0.4 is 9.80 Å². The second-order valence-corrected chi connectivity index (χ2v) is 8.49. The van der Waals surface area contributed by atoms with Gasteiger partial charge >= 0.3 is 0 Å². The zero-order valence-electron chi connectivity index (χ0n) is 18.5. The SMILES string of the molecule is Cc1cc(C)n(CC(=O)N2CCN(c3ccccc3N3Cc4ccccc4C3=O)CC2)n1. The fraction of sp³-hybridized carbons (Fsp3) is 0.320. The van der Waals surface area contributed by atoms with Crippen LogP contribution in [0, 0.1) is 13.8 Å². The Labute approximate surface area is 187 Å². The van der Waals surface area contributed by atoms with Crippen LogP contribution in [0.3, 0.4) is 0 Å². The van der Waals surface area contributed by atoms with Gasteiger partial charge in [0.25, 0.3) is 5.91 Å². The van der Waals surface area contributed by atoms with Crippen molar-refractivity contribution >= 4 is 23.2 Å². The normalized spacial score (nSPS) is 15.9. The molecule has 0 bridgehead atoms. The summed E-state index contributed by atoms with van der Waals surface area (Å²) in [6, 6.07) is 17.9. The molecule has 32 heavy (non-hydrogen) atoms. The molecule has 0 aliphatic carbocycles. The van der Waals surface area contributed by atoms with E-state index >= 15 is 0 Å². The first-order chi connectivity index (χ1) is 15.5. The third kappa shape index (κ3) is 3.64. The zero-order valence-corrected chi connectivity index (χ0v) is 18.5. The molecular formula is C25H27N5O2. The summed E-state index contributed by atoms with van der Waals surface area (Å²) in [5.41, 5.74) is 5.74. The van der Waals surface area contributed by atoms with Crippen LogP contribution in [-0.2, 0) is 17.9 Å². The lowest BCUT2D eigenvalue weighted by Crippen LogP contribution is -2.50. The van der Waals surface area contributed by atoms with E-state index in [1.807, 2.05) is 72.2 Å². The van der Waals surface area contributed by atoms with Crippen LogP contribution in [0.4, 0.5) is 11.4 Å². The third-order valence-electron chi connectivity index (χ3n) is 6.36. The molecule has 2 amide bonds. The maximum atomic E-state index is 13.0. The number of fused-ring (bicyclic) bond motifs is 1. The second kappa shape index (κ2) is 8.15. The highest BCUT2D eigenvalue weighted by molar-refractivity contribution is 6.11. The summed E-state index contributed by atoms with van der Waals surface area (Å²) in [6.45, 7) is 7.54. The molecule has 0 unspecified atom stereocenters. The molecule has 1 fully saturated rings. The minimum absolute atomic E-state index is 0.0479. The number of benzene rings is 2.